The van der Waals surface area contributed by atoms with Gasteiger partial charge in [0.2, 0.25) is 0 Å². The largest absolute Gasteiger partial charge is 0.0991 e. The molecule has 0 saturated heterocycles. The molecule has 0 fully saturated rings. The maximum absolute atomic E-state index is 3.75. The Balaban J connectivity index is 3.97. The summed E-state index contributed by atoms with van der Waals surface area (Å²) in [6.45, 7) is 11.9. The van der Waals surface area contributed by atoms with Gasteiger partial charge in [0.1, 0.15) is 0 Å². The number of hydrogen-bond acceptors (Lipinski definition) is 0. The second-order valence-corrected chi connectivity index (χ2v) is 2.90. The fourth-order valence-electron chi connectivity index (χ4n) is 0.917. The predicted molar refractivity (Wildman–Crippen MR) is 52.5 cm³/mol. The second kappa shape index (κ2) is 5.96. The summed E-state index contributed by atoms with van der Waals surface area (Å²) in [7, 11) is 0. The summed E-state index contributed by atoms with van der Waals surface area (Å²) in [6.07, 6.45) is 8.10. The first-order valence-electron chi connectivity index (χ1n) is 4.18. The Hall–Kier alpha value is -0.780. The fraction of sp³-hybridized carbons (Fsp3) is 0.455. The van der Waals surface area contributed by atoms with Crippen molar-refractivity contribution in [1.29, 1.82) is 0 Å². The molecular weight excluding hydrogens is 132 g/mol. The van der Waals surface area contributed by atoms with E-state index in [1.54, 1.807) is 0 Å². The van der Waals surface area contributed by atoms with Gasteiger partial charge < -0.3 is 0 Å². The van der Waals surface area contributed by atoms with Gasteiger partial charge in [0.15, 0.2) is 0 Å². The van der Waals surface area contributed by atoms with Crippen molar-refractivity contribution in [2.24, 2.45) is 5.92 Å². The Kier molecular flexibility index (Phi) is 5.54. The first-order chi connectivity index (χ1) is 5.24. The van der Waals surface area contributed by atoms with E-state index in [1.165, 1.54) is 12.0 Å². The van der Waals surface area contributed by atoms with E-state index < -0.39 is 0 Å². The van der Waals surface area contributed by atoms with Crippen LogP contribution in [0.15, 0.2) is 37.0 Å². The average Bonchev–Trinajstić information content (AvgIpc) is 2.03. The highest BCUT2D eigenvalue weighted by atomic mass is 14.0. The minimum absolute atomic E-state index is 0.749. The van der Waals surface area contributed by atoms with Gasteiger partial charge in [-0.15, -0.1) is 0 Å². The molecule has 0 heterocycles. The Labute approximate surface area is 70.3 Å². The van der Waals surface area contributed by atoms with Gasteiger partial charge in [0.25, 0.3) is 0 Å². The van der Waals surface area contributed by atoms with E-state index in [9.17, 15) is 0 Å². The van der Waals surface area contributed by atoms with E-state index in [1.807, 2.05) is 18.2 Å². The molecule has 1 unspecified atom stereocenters. The second-order valence-electron chi connectivity index (χ2n) is 2.90. The van der Waals surface area contributed by atoms with Gasteiger partial charge in [-0.2, -0.15) is 0 Å². The van der Waals surface area contributed by atoms with Gasteiger partial charge in [-0.1, -0.05) is 51.7 Å². The van der Waals surface area contributed by atoms with Gasteiger partial charge in [-0.25, -0.2) is 0 Å². The summed E-state index contributed by atoms with van der Waals surface area (Å²) >= 11 is 0. The molecule has 0 heteroatoms. The molecule has 0 aromatic heterocycles. The van der Waals surface area contributed by atoms with Crippen molar-refractivity contribution >= 4 is 0 Å². The monoisotopic (exact) mass is 150 g/mol. The molecule has 0 aliphatic heterocycles. The lowest BCUT2D eigenvalue weighted by atomic mass is 9.99. The van der Waals surface area contributed by atoms with Crippen LogP contribution in [0.1, 0.15) is 26.7 Å². The molecule has 0 nitrogen and oxygen atoms in total. The van der Waals surface area contributed by atoms with E-state index >= 15 is 0 Å². The molecule has 0 amide bonds. The van der Waals surface area contributed by atoms with Crippen molar-refractivity contribution < 1.29 is 0 Å². The minimum Gasteiger partial charge on any atom is -0.0991 e. The zero-order chi connectivity index (χ0) is 8.69. The topological polar surface area (TPSA) is 0 Å². The molecule has 0 radical (unpaired) electrons. The molecule has 0 bridgehead atoms. The molecule has 11 heavy (non-hydrogen) atoms. The Bertz CT molecular complexity index is 151. The first-order valence-corrected chi connectivity index (χ1v) is 4.18. The molecule has 0 aliphatic carbocycles. The highest BCUT2D eigenvalue weighted by Gasteiger charge is 1.99. The third kappa shape index (κ3) is 4.60. The van der Waals surface area contributed by atoms with Crippen molar-refractivity contribution in [1.82, 2.24) is 0 Å². The van der Waals surface area contributed by atoms with Crippen molar-refractivity contribution in [2.45, 2.75) is 26.7 Å². The van der Waals surface area contributed by atoms with Crippen LogP contribution in [0.4, 0.5) is 0 Å². The molecule has 0 rings (SSSR count). The van der Waals surface area contributed by atoms with Crippen LogP contribution in [-0.4, -0.2) is 0 Å². The van der Waals surface area contributed by atoms with Crippen LogP contribution in [-0.2, 0) is 0 Å². The van der Waals surface area contributed by atoms with E-state index in [-0.39, 0.29) is 0 Å². The summed E-state index contributed by atoms with van der Waals surface area (Å²) in [5, 5.41) is 0. The third-order valence-corrected chi connectivity index (χ3v) is 1.88. The number of rotatable bonds is 5. The molecule has 0 aromatic carbocycles. The highest BCUT2D eigenvalue weighted by Crippen LogP contribution is 2.14. The molecular formula is C11H18. The number of allylic oxidation sites excluding steroid dienone is 4. The zero-order valence-corrected chi connectivity index (χ0v) is 7.64. The molecule has 0 aliphatic rings. The predicted octanol–water partition coefficient (Wildman–Crippen LogP) is 3.72. The molecule has 1 atom stereocenters. The van der Waals surface area contributed by atoms with Crippen molar-refractivity contribution in [3.63, 3.8) is 0 Å². The lowest BCUT2D eigenvalue weighted by Gasteiger charge is -2.07. The lowest BCUT2D eigenvalue weighted by Crippen LogP contribution is -1.92. The van der Waals surface area contributed by atoms with Crippen LogP contribution in [0, 0.1) is 5.92 Å². The van der Waals surface area contributed by atoms with Crippen molar-refractivity contribution in [3.8, 4) is 0 Å². The summed E-state index contributed by atoms with van der Waals surface area (Å²) in [6, 6.07) is 0. The van der Waals surface area contributed by atoms with E-state index in [0.29, 0.717) is 0 Å². The highest BCUT2D eigenvalue weighted by molar-refractivity contribution is 5.21. The summed E-state index contributed by atoms with van der Waals surface area (Å²) in [5.41, 5.74) is 1.29. The van der Waals surface area contributed by atoms with Crippen LogP contribution in [0.3, 0.4) is 0 Å². The standard InChI is InChI=1S/C11H18/c1-5-8-11(7-3)9-10(4)6-2/h5,7-8,10H,1,3,6,9H2,2,4H3/b11-8+. The Morgan fingerprint density at radius 3 is 2.45 bits per heavy atom. The van der Waals surface area contributed by atoms with Crippen LogP contribution >= 0.6 is 0 Å². The van der Waals surface area contributed by atoms with Crippen molar-refractivity contribution in [2.75, 3.05) is 0 Å². The first kappa shape index (κ1) is 10.2. The molecule has 62 valence electrons. The van der Waals surface area contributed by atoms with Gasteiger partial charge >= 0.3 is 0 Å². The smallest absolute Gasteiger partial charge is 0.0253 e. The van der Waals surface area contributed by atoms with Crippen LogP contribution in [0.25, 0.3) is 0 Å². The Morgan fingerprint density at radius 1 is 1.45 bits per heavy atom. The SMILES string of the molecule is C=C/C=C(\C=C)CC(C)CC. The van der Waals surface area contributed by atoms with Crippen LogP contribution in [0.5, 0.6) is 0 Å². The fourth-order valence-corrected chi connectivity index (χ4v) is 0.917. The third-order valence-electron chi connectivity index (χ3n) is 1.88. The quantitative estimate of drug-likeness (QED) is 0.524. The van der Waals surface area contributed by atoms with Crippen molar-refractivity contribution in [3.05, 3.63) is 37.0 Å². The summed E-state index contributed by atoms with van der Waals surface area (Å²) in [5.74, 6) is 0.749. The zero-order valence-electron chi connectivity index (χ0n) is 7.64. The summed E-state index contributed by atoms with van der Waals surface area (Å²) < 4.78 is 0. The normalized spacial score (nSPS) is 14.2. The maximum atomic E-state index is 3.75. The summed E-state index contributed by atoms with van der Waals surface area (Å²) in [4.78, 5) is 0. The van der Waals surface area contributed by atoms with Crippen LogP contribution < -0.4 is 0 Å². The Morgan fingerprint density at radius 2 is 2.09 bits per heavy atom. The molecule has 0 saturated carbocycles. The lowest BCUT2D eigenvalue weighted by molar-refractivity contribution is 0.562. The minimum atomic E-state index is 0.749. The van der Waals surface area contributed by atoms with Crippen LogP contribution in [0.2, 0.25) is 0 Å². The van der Waals surface area contributed by atoms with Gasteiger partial charge in [0.05, 0.1) is 0 Å². The maximum Gasteiger partial charge on any atom is -0.0253 e. The van der Waals surface area contributed by atoms with Gasteiger partial charge in [0, 0.05) is 0 Å². The van der Waals surface area contributed by atoms with Gasteiger partial charge in [-0.05, 0) is 17.9 Å². The number of hydrogen-bond donors (Lipinski definition) is 0. The van der Waals surface area contributed by atoms with E-state index in [4.69, 9.17) is 0 Å². The molecule has 0 N–H and O–H groups in total. The van der Waals surface area contributed by atoms with E-state index in [0.717, 1.165) is 12.3 Å². The molecule has 0 spiro atoms. The average molecular weight is 150 g/mol. The molecule has 0 aromatic rings. The van der Waals surface area contributed by atoms with Gasteiger partial charge in [-0.3, -0.25) is 0 Å². The van der Waals surface area contributed by atoms with E-state index in [2.05, 4.69) is 27.0 Å².